The van der Waals surface area contributed by atoms with E-state index in [0.29, 0.717) is 12.5 Å². The van der Waals surface area contributed by atoms with Crippen LogP contribution in [0.1, 0.15) is 36.5 Å². The minimum Gasteiger partial charge on any atom is -0.450 e. The number of nitrogens with zero attached hydrogens (tertiary/aromatic N) is 5. The number of piperidine rings is 1. The zero-order chi connectivity index (χ0) is 14.1. The summed E-state index contributed by atoms with van der Waals surface area (Å²) in [6.07, 6.45) is 1.63. The summed E-state index contributed by atoms with van der Waals surface area (Å²) >= 11 is 1.59. The SMILES string of the molecule is CCOC(=O)N1CCC(c2nn3c(C)nnc3s2)CC1. The van der Waals surface area contributed by atoms with Crippen molar-refractivity contribution in [2.45, 2.75) is 32.6 Å². The summed E-state index contributed by atoms with van der Waals surface area (Å²) < 4.78 is 6.81. The quantitative estimate of drug-likeness (QED) is 0.845. The predicted octanol–water partition coefficient (Wildman–Crippen LogP) is 1.83. The molecule has 2 aromatic heterocycles. The lowest BCUT2D eigenvalue weighted by molar-refractivity contribution is 0.0970. The van der Waals surface area contributed by atoms with Gasteiger partial charge in [-0.15, -0.1) is 10.2 Å². The van der Waals surface area contributed by atoms with E-state index in [1.165, 1.54) is 0 Å². The summed E-state index contributed by atoms with van der Waals surface area (Å²) in [6, 6.07) is 0. The van der Waals surface area contributed by atoms with Gasteiger partial charge in [-0.3, -0.25) is 0 Å². The summed E-state index contributed by atoms with van der Waals surface area (Å²) in [5.74, 6) is 1.21. The van der Waals surface area contributed by atoms with Gasteiger partial charge in [0.1, 0.15) is 5.01 Å². The number of fused-ring (bicyclic) bond motifs is 1. The smallest absolute Gasteiger partial charge is 0.409 e. The molecule has 0 spiro atoms. The number of aromatic nitrogens is 4. The van der Waals surface area contributed by atoms with Gasteiger partial charge in [-0.2, -0.15) is 9.61 Å². The number of carbonyl (C=O) groups is 1. The number of rotatable bonds is 2. The van der Waals surface area contributed by atoms with Crippen molar-refractivity contribution >= 4 is 22.4 Å². The van der Waals surface area contributed by atoms with E-state index in [0.717, 1.165) is 41.7 Å². The van der Waals surface area contributed by atoms with Gasteiger partial charge < -0.3 is 9.64 Å². The fourth-order valence-corrected chi connectivity index (χ4v) is 3.47. The van der Waals surface area contributed by atoms with Gasteiger partial charge in [0.15, 0.2) is 5.82 Å². The Morgan fingerprint density at radius 1 is 1.40 bits per heavy atom. The molecule has 0 unspecified atom stereocenters. The molecule has 0 N–H and O–H groups in total. The Morgan fingerprint density at radius 3 is 2.80 bits per heavy atom. The third-order valence-corrected chi connectivity index (χ3v) is 4.59. The Labute approximate surface area is 120 Å². The first kappa shape index (κ1) is 13.3. The number of ether oxygens (including phenoxy) is 1. The fourth-order valence-electron chi connectivity index (χ4n) is 2.42. The lowest BCUT2D eigenvalue weighted by Gasteiger charge is -2.29. The number of carbonyl (C=O) groups excluding carboxylic acids is 1. The molecule has 2 aromatic rings. The third-order valence-electron chi connectivity index (χ3n) is 3.53. The highest BCUT2D eigenvalue weighted by atomic mass is 32.1. The normalized spacial score (nSPS) is 16.8. The lowest BCUT2D eigenvalue weighted by Crippen LogP contribution is -2.38. The van der Waals surface area contributed by atoms with Crippen LogP contribution in [0.2, 0.25) is 0 Å². The largest absolute Gasteiger partial charge is 0.450 e. The van der Waals surface area contributed by atoms with Crippen LogP contribution in [-0.4, -0.2) is 50.5 Å². The number of hydrogen-bond donors (Lipinski definition) is 0. The molecular weight excluding hydrogens is 278 g/mol. The Morgan fingerprint density at radius 2 is 2.15 bits per heavy atom. The molecule has 7 nitrogen and oxygen atoms in total. The van der Waals surface area contributed by atoms with Gasteiger partial charge >= 0.3 is 6.09 Å². The second-order valence-corrected chi connectivity index (χ2v) is 5.83. The molecule has 1 fully saturated rings. The van der Waals surface area contributed by atoms with Gasteiger partial charge in [0.25, 0.3) is 0 Å². The molecule has 1 saturated heterocycles. The molecule has 1 aliphatic rings. The second-order valence-electron chi connectivity index (χ2n) is 4.84. The Kier molecular flexibility index (Phi) is 3.56. The zero-order valence-electron chi connectivity index (χ0n) is 11.6. The molecule has 0 radical (unpaired) electrons. The van der Waals surface area contributed by atoms with Crippen LogP contribution < -0.4 is 0 Å². The minimum atomic E-state index is -0.208. The molecule has 0 atom stereocenters. The Balaban J connectivity index is 1.67. The number of likely N-dealkylation sites (tertiary alicyclic amines) is 1. The maximum absolute atomic E-state index is 11.7. The summed E-state index contributed by atoms with van der Waals surface area (Å²) in [4.78, 5) is 14.3. The molecular formula is C12H17N5O2S. The highest BCUT2D eigenvalue weighted by Gasteiger charge is 2.27. The van der Waals surface area contributed by atoms with Gasteiger partial charge in [-0.05, 0) is 26.7 Å². The van der Waals surface area contributed by atoms with E-state index in [9.17, 15) is 4.79 Å². The number of hydrogen-bond acceptors (Lipinski definition) is 6. The van der Waals surface area contributed by atoms with E-state index in [1.807, 2.05) is 13.8 Å². The van der Waals surface area contributed by atoms with E-state index >= 15 is 0 Å². The van der Waals surface area contributed by atoms with Gasteiger partial charge in [-0.1, -0.05) is 11.3 Å². The second kappa shape index (κ2) is 5.35. The van der Waals surface area contributed by atoms with Crippen LogP contribution in [0, 0.1) is 6.92 Å². The summed E-state index contributed by atoms with van der Waals surface area (Å²) in [6.45, 7) is 5.60. The van der Waals surface area contributed by atoms with Crippen molar-refractivity contribution in [3.05, 3.63) is 10.8 Å². The minimum absolute atomic E-state index is 0.208. The first-order chi connectivity index (χ1) is 9.69. The monoisotopic (exact) mass is 295 g/mol. The van der Waals surface area contributed by atoms with Gasteiger partial charge in [0.05, 0.1) is 6.61 Å². The Bertz CT molecular complexity index is 614. The molecule has 0 aromatic carbocycles. The van der Waals surface area contributed by atoms with E-state index in [1.54, 1.807) is 20.8 Å². The van der Waals surface area contributed by atoms with Crippen LogP contribution in [0.25, 0.3) is 4.96 Å². The maximum atomic E-state index is 11.7. The maximum Gasteiger partial charge on any atom is 0.409 e. The lowest BCUT2D eigenvalue weighted by atomic mass is 9.98. The summed E-state index contributed by atoms with van der Waals surface area (Å²) in [5, 5.41) is 13.7. The third kappa shape index (κ3) is 2.35. The van der Waals surface area contributed by atoms with Crippen LogP contribution in [0.15, 0.2) is 0 Å². The molecule has 8 heteroatoms. The van der Waals surface area contributed by atoms with Crippen LogP contribution in [0.3, 0.4) is 0 Å². The molecule has 3 rings (SSSR count). The molecule has 20 heavy (non-hydrogen) atoms. The van der Waals surface area contributed by atoms with E-state index in [-0.39, 0.29) is 6.09 Å². The van der Waals surface area contributed by atoms with Crippen molar-refractivity contribution in [1.29, 1.82) is 0 Å². The van der Waals surface area contributed by atoms with Gasteiger partial charge in [-0.25, -0.2) is 4.79 Å². The highest BCUT2D eigenvalue weighted by Crippen LogP contribution is 2.31. The molecule has 3 heterocycles. The van der Waals surface area contributed by atoms with Crippen molar-refractivity contribution in [2.75, 3.05) is 19.7 Å². The topological polar surface area (TPSA) is 72.6 Å². The first-order valence-corrected chi connectivity index (χ1v) is 7.61. The van der Waals surface area contributed by atoms with Crippen molar-refractivity contribution in [3.8, 4) is 0 Å². The Hall–Kier alpha value is -1.70. The van der Waals surface area contributed by atoms with E-state index in [4.69, 9.17) is 4.74 Å². The molecule has 1 amide bonds. The van der Waals surface area contributed by atoms with E-state index < -0.39 is 0 Å². The van der Waals surface area contributed by atoms with E-state index in [2.05, 4.69) is 15.3 Å². The van der Waals surface area contributed by atoms with Crippen molar-refractivity contribution in [1.82, 2.24) is 24.7 Å². The van der Waals surface area contributed by atoms with Crippen LogP contribution in [-0.2, 0) is 4.74 Å². The zero-order valence-corrected chi connectivity index (χ0v) is 12.4. The number of aryl methyl sites for hydroxylation is 1. The standard InChI is InChI=1S/C12H17N5O2S/c1-3-19-12(18)16-6-4-9(5-7-16)10-15-17-8(2)13-14-11(17)20-10/h9H,3-7H2,1-2H3. The number of amides is 1. The van der Waals surface area contributed by atoms with Crippen molar-refractivity contribution in [2.24, 2.45) is 0 Å². The summed E-state index contributed by atoms with van der Waals surface area (Å²) in [5.41, 5.74) is 0. The highest BCUT2D eigenvalue weighted by molar-refractivity contribution is 7.16. The van der Waals surface area contributed by atoms with Gasteiger partial charge in [0, 0.05) is 19.0 Å². The average molecular weight is 295 g/mol. The molecule has 0 saturated carbocycles. The molecule has 1 aliphatic heterocycles. The van der Waals surface area contributed by atoms with Crippen LogP contribution >= 0.6 is 11.3 Å². The fraction of sp³-hybridized carbons (Fsp3) is 0.667. The summed E-state index contributed by atoms with van der Waals surface area (Å²) in [7, 11) is 0. The van der Waals surface area contributed by atoms with Gasteiger partial charge in [0.2, 0.25) is 4.96 Å². The molecule has 0 aliphatic carbocycles. The predicted molar refractivity (Wildman–Crippen MR) is 74.0 cm³/mol. The van der Waals surface area contributed by atoms with Crippen molar-refractivity contribution in [3.63, 3.8) is 0 Å². The average Bonchev–Trinajstić information content (AvgIpc) is 3.02. The van der Waals surface area contributed by atoms with Crippen LogP contribution in [0.4, 0.5) is 4.79 Å². The first-order valence-electron chi connectivity index (χ1n) is 6.79. The molecule has 0 bridgehead atoms. The van der Waals surface area contributed by atoms with Crippen LogP contribution in [0.5, 0.6) is 0 Å². The van der Waals surface area contributed by atoms with Crippen molar-refractivity contribution < 1.29 is 9.53 Å². The molecule has 108 valence electrons.